The Kier molecular flexibility index (Phi) is 4.06. The van der Waals surface area contributed by atoms with Gasteiger partial charge in [0.2, 0.25) is 5.91 Å². The van der Waals surface area contributed by atoms with Crippen molar-refractivity contribution in [2.45, 2.75) is 27.3 Å². The van der Waals surface area contributed by atoms with Gasteiger partial charge in [0, 0.05) is 37.3 Å². The van der Waals surface area contributed by atoms with Crippen molar-refractivity contribution in [1.29, 1.82) is 0 Å². The summed E-state index contributed by atoms with van der Waals surface area (Å²) in [5, 5.41) is 7.55. The molecular weight excluding hydrogens is 204 g/mol. The molecular formula is C11H20N4O. The normalized spacial score (nSPS) is 12.8. The van der Waals surface area contributed by atoms with Crippen molar-refractivity contribution in [2.75, 3.05) is 6.54 Å². The highest BCUT2D eigenvalue weighted by atomic mass is 16.1. The summed E-state index contributed by atoms with van der Waals surface area (Å²) in [4.78, 5) is 10.8. The molecule has 1 heterocycles. The molecule has 0 aromatic carbocycles. The molecule has 1 aromatic heterocycles. The minimum absolute atomic E-state index is 0.141. The molecule has 0 aliphatic carbocycles. The van der Waals surface area contributed by atoms with E-state index >= 15 is 0 Å². The van der Waals surface area contributed by atoms with Crippen LogP contribution in [0.1, 0.15) is 23.9 Å². The molecule has 1 atom stereocenters. The number of hydrogen-bond acceptors (Lipinski definition) is 3. The van der Waals surface area contributed by atoms with E-state index in [0.29, 0.717) is 6.54 Å². The van der Waals surface area contributed by atoms with Gasteiger partial charge in [0.15, 0.2) is 0 Å². The summed E-state index contributed by atoms with van der Waals surface area (Å²) in [7, 11) is 1.93. The number of nitrogens with one attached hydrogen (secondary N) is 1. The Labute approximate surface area is 96.0 Å². The van der Waals surface area contributed by atoms with E-state index in [9.17, 15) is 4.79 Å². The number of amides is 1. The second-order valence-electron chi connectivity index (χ2n) is 4.21. The average molecular weight is 224 g/mol. The first-order valence-electron chi connectivity index (χ1n) is 5.42. The molecule has 0 bridgehead atoms. The quantitative estimate of drug-likeness (QED) is 0.753. The molecule has 5 heteroatoms. The second-order valence-corrected chi connectivity index (χ2v) is 4.21. The first kappa shape index (κ1) is 12.7. The number of primary amides is 1. The predicted molar refractivity (Wildman–Crippen MR) is 62.7 cm³/mol. The Morgan fingerprint density at radius 2 is 2.19 bits per heavy atom. The first-order chi connectivity index (χ1) is 7.43. The molecule has 0 radical (unpaired) electrons. The van der Waals surface area contributed by atoms with E-state index in [1.54, 1.807) is 0 Å². The molecule has 1 rings (SSSR count). The third-order valence-corrected chi connectivity index (χ3v) is 2.90. The fourth-order valence-corrected chi connectivity index (χ4v) is 1.59. The summed E-state index contributed by atoms with van der Waals surface area (Å²) in [6, 6.07) is 0. The lowest BCUT2D eigenvalue weighted by Gasteiger charge is -2.09. The predicted octanol–water partition coefficient (Wildman–Crippen LogP) is 0.248. The topological polar surface area (TPSA) is 72.9 Å². The second kappa shape index (κ2) is 5.12. The van der Waals surface area contributed by atoms with Crippen LogP contribution < -0.4 is 11.1 Å². The van der Waals surface area contributed by atoms with Crippen LogP contribution in [0.2, 0.25) is 0 Å². The lowest BCUT2D eigenvalue weighted by atomic mass is 10.1. The molecule has 0 saturated heterocycles. The lowest BCUT2D eigenvalue weighted by Crippen LogP contribution is -2.30. The van der Waals surface area contributed by atoms with E-state index in [-0.39, 0.29) is 11.8 Å². The summed E-state index contributed by atoms with van der Waals surface area (Å²) in [5.74, 6) is -0.413. The molecule has 0 saturated carbocycles. The van der Waals surface area contributed by atoms with Crippen molar-refractivity contribution in [1.82, 2.24) is 15.1 Å². The molecule has 3 N–H and O–H groups in total. The van der Waals surface area contributed by atoms with Crippen molar-refractivity contribution in [2.24, 2.45) is 18.7 Å². The van der Waals surface area contributed by atoms with Crippen molar-refractivity contribution in [3.63, 3.8) is 0 Å². The van der Waals surface area contributed by atoms with Gasteiger partial charge in [-0.05, 0) is 13.8 Å². The number of nitrogens with two attached hydrogens (primary N) is 1. The van der Waals surface area contributed by atoms with Gasteiger partial charge < -0.3 is 11.1 Å². The molecule has 0 aliphatic heterocycles. The van der Waals surface area contributed by atoms with Crippen LogP contribution >= 0.6 is 0 Å². The van der Waals surface area contributed by atoms with Gasteiger partial charge in [0.1, 0.15) is 0 Å². The van der Waals surface area contributed by atoms with Crippen LogP contribution in [0, 0.1) is 19.8 Å². The molecule has 0 fully saturated rings. The smallest absolute Gasteiger partial charge is 0.221 e. The van der Waals surface area contributed by atoms with Crippen LogP contribution in [-0.2, 0) is 18.4 Å². The molecule has 0 aliphatic rings. The number of hydrogen-bond donors (Lipinski definition) is 2. The average Bonchev–Trinajstić information content (AvgIpc) is 2.44. The van der Waals surface area contributed by atoms with Gasteiger partial charge in [-0.1, -0.05) is 6.92 Å². The third kappa shape index (κ3) is 2.82. The zero-order valence-electron chi connectivity index (χ0n) is 10.4. The van der Waals surface area contributed by atoms with Crippen molar-refractivity contribution >= 4 is 5.91 Å². The monoisotopic (exact) mass is 224 g/mol. The Morgan fingerprint density at radius 1 is 1.56 bits per heavy atom. The van der Waals surface area contributed by atoms with Gasteiger partial charge in [0.05, 0.1) is 5.69 Å². The minimum atomic E-state index is -0.271. The van der Waals surface area contributed by atoms with Crippen molar-refractivity contribution in [3.05, 3.63) is 17.0 Å². The summed E-state index contributed by atoms with van der Waals surface area (Å²) < 4.78 is 1.86. The molecule has 1 aromatic rings. The van der Waals surface area contributed by atoms with Crippen LogP contribution in [0.15, 0.2) is 0 Å². The Balaban J connectivity index is 2.52. The molecule has 1 amide bonds. The molecule has 16 heavy (non-hydrogen) atoms. The van der Waals surface area contributed by atoms with E-state index in [4.69, 9.17) is 5.73 Å². The maximum atomic E-state index is 10.8. The highest BCUT2D eigenvalue weighted by Gasteiger charge is 2.11. The van der Waals surface area contributed by atoms with Gasteiger partial charge in [-0.3, -0.25) is 9.48 Å². The summed E-state index contributed by atoms with van der Waals surface area (Å²) in [6.07, 6.45) is 0. The van der Waals surface area contributed by atoms with E-state index in [1.165, 1.54) is 5.56 Å². The van der Waals surface area contributed by atoms with Gasteiger partial charge in [0.25, 0.3) is 0 Å². The van der Waals surface area contributed by atoms with Gasteiger partial charge in [-0.2, -0.15) is 5.10 Å². The third-order valence-electron chi connectivity index (χ3n) is 2.90. The molecule has 5 nitrogen and oxygen atoms in total. The number of nitrogens with zero attached hydrogens (tertiary/aromatic N) is 2. The van der Waals surface area contributed by atoms with Crippen LogP contribution in [0.3, 0.4) is 0 Å². The first-order valence-corrected chi connectivity index (χ1v) is 5.42. The number of rotatable bonds is 5. The van der Waals surface area contributed by atoms with Crippen LogP contribution in [-0.4, -0.2) is 22.2 Å². The standard InChI is InChI=1S/C11H20N4O/c1-7(11(12)16)5-13-6-10-8(2)14-15(4)9(10)3/h7,13H,5-6H2,1-4H3,(H2,12,16). The summed E-state index contributed by atoms with van der Waals surface area (Å²) >= 11 is 0. The fourth-order valence-electron chi connectivity index (χ4n) is 1.59. The zero-order valence-corrected chi connectivity index (χ0v) is 10.4. The summed E-state index contributed by atoms with van der Waals surface area (Å²) in [6.45, 7) is 7.17. The van der Waals surface area contributed by atoms with E-state index in [1.807, 2.05) is 32.5 Å². The largest absolute Gasteiger partial charge is 0.369 e. The number of carbonyl (C=O) groups excluding carboxylic acids is 1. The van der Waals surface area contributed by atoms with Crippen molar-refractivity contribution < 1.29 is 4.79 Å². The lowest BCUT2D eigenvalue weighted by molar-refractivity contribution is -0.121. The highest BCUT2D eigenvalue weighted by molar-refractivity contribution is 5.76. The van der Waals surface area contributed by atoms with E-state index in [0.717, 1.165) is 17.9 Å². The maximum absolute atomic E-state index is 10.8. The minimum Gasteiger partial charge on any atom is -0.369 e. The Bertz CT molecular complexity index is 384. The number of aryl methyl sites for hydroxylation is 2. The molecule has 90 valence electrons. The van der Waals surface area contributed by atoms with Gasteiger partial charge >= 0.3 is 0 Å². The van der Waals surface area contributed by atoms with Crippen LogP contribution in [0.5, 0.6) is 0 Å². The fraction of sp³-hybridized carbons (Fsp3) is 0.636. The summed E-state index contributed by atoms with van der Waals surface area (Å²) in [5.41, 5.74) is 8.55. The Hall–Kier alpha value is -1.36. The maximum Gasteiger partial charge on any atom is 0.221 e. The number of aromatic nitrogens is 2. The van der Waals surface area contributed by atoms with Crippen molar-refractivity contribution in [3.8, 4) is 0 Å². The molecule has 0 spiro atoms. The van der Waals surface area contributed by atoms with E-state index < -0.39 is 0 Å². The van der Waals surface area contributed by atoms with Gasteiger partial charge in [-0.25, -0.2) is 0 Å². The van der Waals surface area contributed by atoms with Crippen LogP contribution in [0.25, 0.3) is 0 Å². The van der Waals surface area contributed by atoms with Gasteiger partial charge in [-0.15, -0.1) is 0 Å². The zero-order chi connectivity index (χ0) is 12.3. The van der Waals surface area contributed by atoms with E-state index in [2.05, 4.69) is 10.4 Å². The van der Waals surface area contributed by atoms with Crippen LogP contribution in [0.4, 0.5) is 0 Å². The SMILES string of the molecule is Cc1nn(C)c(C)c1CNCC(C)C(N)=O. The Morgan fingerprint density at radius 3 is 2.62 bits per heavy atom. The number of carbonyl (C=O) groups is 1. The molecule has 1 unspecified atom stereocenters. The highest BCUT2D eigenvalue weighted by Crippen LogP contribution is 2.11.